The molecule has 0 aliphatic rings. The van der Waals surface area contributed by atoms with Gasteiger partial charge in [-0.1, -0.05) is 35.5 Å². The first-order chi connectivity index (χ1) is 7.07. The van der Waals surface area contributed by atoms with Crippen molar-refractivity contribution in [3.63, 3.8) is 0 Å². The number of benzene rings is 1. The van der Waals surface area contributed by atoms with Crippen LogP contribution in [0, 0.1) is 0 Å². The van der Waals surface area contributed by atoms with Gasteiger partial charge >= 0.3 is 13.2 Å². The molecule has 0 saturated carbocycles. The van der Waals surface area contributed by atoms with Gasteiger partial charge in [0.05, 0.1) is 6.07 Å². The summed E-state index contributed by atoms with van der Waals surface area (Å²) in [4.78, 5) is 18.8. The minimum absolute atomic E-state index is 0.140. The minimum atomic E-state index is -3.10. The molecule has 0 radical (unpaired) electrons. The van der Waals surface area contributed by atoms with E-state index in [0.29, 0.717) is 5.69 Å². The highest BCUT2D eigenvalue weighted by atomic mass is 31.2. The molecule has 2 rings (SSSR count). The van der Waals surface area contributed by atoms with Gasteiger partial charge in [0, 0.05) is 5.56 Å². The molecule has 4 nitrogen and oxygen atoms in total. The Balaban J connectivity index is 2.37. The first-order valence-corrected chi connectivity index (χ1v) is 6.56. The molecule has 2 N–H and O–H groups in total. The van der Waals surface area contributed by atoms with Crippen molar-refractivity contribution in [2.75, 3.05) is 6.66 Å². The third kappa shape index (κ3) is 2.23. The van der Waals surface area contributed by atoms with E-state index < -0.39 is 7.72 Å². The van der Waals surface area contributed by atoms with Gasteiger partial charge < -0.3 is 4.52 Å². The standard InChI is InChI=1S/C10H11NO3P/c1-15(12,13)10-7-9(11-14-10)8-5-3-2-4-6-8/h2-7,12-13H,1H3/q+1. The van der Waals surface area contributed by atoms with Crippen LogP contribution in [-0.4, -0.2) is 21.6 Å². The Morgan fingerprint density at radius 3 is 2.40 bits per heavy atom. The molecule has 0 aliphatic carbocycles. The molecule has 1 aromatic heterocycles. The number of rotatable bonds is 2. The lowest BCUT2D eigenvalue weighted by molar-refractivity contribution is 0.413. The average molecular weight is 224 g/mol. The smallest absolute Gasteiger partial charge is 0.313 e. The molecule has 0 aliphatic heterocycles. The highest BCUT2D eigenvalue weighted by molar-refractivity contribution is 7.71. The molecule has 0 fully saturated rings. The van der Waals surface area contributed by atoms with E-state index in [1.54, 1.807) is 6.07 Å². The molecular weight excluding hydrogens is 213 g/mol. The average Bonchev–Trinajstić information content (AvgIpc) is 2.67. The summed E-state index contributed by atoms with van der Waals surface area (Å²) in [6, 6.07) is 11.0. The maximum atomic E-state index is 9.38. The van der Waals surface area contributed by atoms with Gasteiger partial charge in [-0.2, -0.15) is 0 Å². The Hall–Kier alpha value is -1.22. The number of hydrogen-bond donors (Lipinski definition) is 2. The maximum absolute atomic E-state index is 9.38. The zero-order chi connectivity index (χ0) is 10.9. The van der Waals surface area contributed by atoms with Gasteiger partial charge in [-0.25, -0.2) is 9.79 Å². The Labute approximate surface area is 87.7 Å². The second kappa shape index (κ2) is 3.74. The van der Waals surface area contributed by atoms with Gasteiger partial charge in [0.1, 0.15) is 12.4 Å². The normalized spacial score (nSPS) is 11.7. The molecule has 15 heavy (non-hydrogen) atoms. The maximum Gasteiger partial charge on any atom is 0.336 e. The van der Waals surface area contributed by atoms with Crippen LogP contribution in [-0.2, 0) is 0 Å². The van der Waals surface area contributed by atoms with Crippen LogP contribution in [0.1, 0.15) is 0 Å². The van der Waals surface area contributed by atoms with Gasteiger partial charge in [-0.05, 0) is 0 Å². The van der Waals surface area contributed by atoms with Crippen LogP contribution in [0.4, 0.5) is 0 Å². The highest BCUT2D eigenvalue weighted by Crippen LogP contribution is 2.44. The molecule has 0 bridgehead atoms. The minimum Gasteiger partial charge on any atom is -0.313 e. The summed E-state index contributed by atoms with van der Waals surface area (Å²) < 4.78 is 4.88. The van der Waals surface area contributed by atoms with E-state index in [-0.39, 0.29) is 5.50 Å². The Morgan fingerprint density at radius 2 is 1.87 bits per heavy atom. The Kier molecular flexibility index (Phi) is 2.57. The van der Waals surface area contributed by atoms with Crippen LogP contribution in [0.15, 0.2) is 40.9 Å². The molecule has 2 aromatic rings. The van der Waals surface area contributed by atoms with Crippen molar-refractivity contribution < 1.29 is 14.3 Å². The second-order valence-corrected chi connectivity index (χ2v) is 5.60. The lowest BCUT2D eigenvalue weighted by atomic mass is 10.2. The lowest BCUT2D eigenvalue weighted by Gasteiger charge is -1.97. The van der Waals surface area contributed by atoms with E-state index in [2.05, 4.69) is 5.16 Å². The third-order valence-electron chi connectivity index (χ3n) is 1.98. The number of aromatic nitrogens is 1. The first-order valence-electron chi connectivity index (χ1n) is 4.42. The lowest BCUT2D eigenvalue weighted by Crippen LogP contribution is -2.05. The van der Waals surface area contributed by atoms with Crippen molar-refractivity contribution in [1.82, 2.24) is 5.16 Å². The molecule has 0 spiro atoms. The summed E-state index contributed by atoms with van der Waals surface area (Å²) in [5, 5.41) is 3.79. The van der Waals surface area contributed by atoms with E-state index in [1.165, 1.54) is 6.66 Å². The van der Waals surface area contributed by atoms with Crippen molar-refractivity contribution in [1.29, 1.82) is 0 Å². The summed E-state index contributed by atoms with van der Waals surface area (Å²) >= 11 is 0. The largest absolute Gasteiger partial charge is 0.336 e. The Morgan fingerprint density at radius 1 is 1.20 bits per heavy atom. The van der Waals surface area contributed by atoms with Crippen LogP contribution < -0.4 is 5.50 Å². The molecule has 1 heterocycles. The Bertz CT molecular complexity index is 447. The summed E-state index contributed by atoms with van der Waals surface area (Å²) in [7, 11) is -3.10. The number of hydrogen-bond acceptors (Lipinski definition) is 4. The van der Waals surface area contributed by atoms with Gasteiger partial charge in [0.15, 0.2) is 0 Å². The quantitative estimate of drug-likeness (QED) is 0.757. The highest BCUT2D eigenvalue weighted by Gasteiger charge is 2.35. The fourth-order valence-corrected chi connectivity index (χ4v) is 1.77. The molecule has 0 saturated heterocycles. The topological polar surface area (TPSA) is 66.5 Å². The van der Waals surface area contributed by atoms with Crippen LogP contribution >= 0.6 is 7.72 Å². The van der Waals surface area contributed by atoms with Gasteiger partial charge in [0.25, 0.3) is 0 Å². The molecule has 5 heteroatoms. The zero-order valence-electron chi connectivity index (χ0n) is 8.16. The second-order valence-electron chi connectivity index (χ2n) is 3.33. The van der Waals surface area contributed by atoms with Crippen molar-refractivity contribution >= 4 is 13.2 Å². The van der Waals surface area contributed by atoms with Crippen molar-refractivity contribution in [2.24, 2.45) is 0 Å². The van der Waals surface area contributed by atoms with E-state index in [4.69, 9.17) is 4.52 Å². The molecule has 0 atom stereocenters. The summed E-state index contributed by atoms with van der Waals surface area (Å²) in [5.74, 6) is 0. The van der Waals surface area contributed by atoms with Crippen molar-refractivity contribution in [3.8, 4) is 11.3 Å². The van der Waals surface area contributed by atoms with Crippen LogP contribution in [0.2, 0.25) is 0 Å². The molecule has 0 amide bonds. The molecule has 78 valence electrons. The third-order valence-corrected chi connectivity index (χ3v) is 3.03. The van der Waals surface area contributed by atoms with E-state index in [1.807, 2.05) is 30.3 Å². The van der Waals surface area contributed by atoms with E-state index in [9.17, 15) is 9.79 Å². The zero-order valence-corrected chi connectivity index (χ0v) is 9.06. The molecule has 1 aromatic carbocycles. The molecular formula is C10H11NO3P+. The fourth-order valence-electron chi connectivity index (χ4n) is 1.21. The monoisotopic (exact) mass is 224 g/mol. The van der Waals surface area contributed by atoms with E-state index >= 15 is 0 Å². The predicted octanol–water partition coefficient (Wildman–Crippen LogP) is 1.43. The van der Waals surface area contributed by atoms with Gasteiger partial charge in [0.2, 0.25) is 0 Å². The number of nitrogens with zero attached hydrogens (tertiary/aromatic N) is 1. The van der Waals surface area contributed by atoms with Gasteiger partial charge in [-0.15, -0.1) is 0 Å². The molecule has 0 unspecified atom stereocenters. The SMILES string of the molecule is C[P+](O)(O)c1cc(-c2ccccc2)no1. The van der Waals surface area contributed by atoms with Crippen molar-refractivity contribution in [2.45, 2.75) is 0 Å². The van der Waals surface area contributed by atoms with Gasteiger partial charge in [-0.3, -0.25) is 0 Å². The first kappa shape index (κ1) is 10.3. The summed E-state index contributed by atoms with van der Waals surface area (Å²) in [6.45, 7) is 1.34. The van der Waals surface area contributed by atoms with Crippen LogP contribution in [0.5, 0.6) is 0 Å². The summed E-state index contributed by atoms with van der Waals surface area (Å²) in [6.07, 6.45) is 0. The van der Waals surface area contributed by atoms with Crippen LogP contribution in [0.3, 0.4) is 0 Å². The summed E-state index contributed by atoms with van der Waals surface area (Å²) in [5.41, 5.74) is 1.64. The van der Waals surface area contributed by atoms with E-state index in [0.717, 1.165) is 5.56 Å². The van der Waals surface area contributed by atoms with Crippen LogP contribution in [0.25, 0.3) is 11.3 Å². The fraction of sp³-hybridized carbons (Fsp3) is 0.100. The van der Waals surface area contributed by atoms with Crippen molar-refractivity contribution in [3.05, 3.63) is 36.4 Å². The predicted molar refractivity (Wildman–Crippen MR) is 58.9 cm³/mol.